The number of ketones is 1. The van der Waals surface area contributed by atoms with Gasteiger partial charge in [0.05, 0.1) is 11.6 Å². The van der Waals surface area contributed by atoms with Crippen molar-refractivity contribution in [3.05, 3.63) is 58.9 Å². The number of fused-ring (bicyclic) bond motifs is 1. The lowest BCUT2D eigenvalue weighted by molar-refractivity contribution is -0.139. The molecule has 0 fully saturated rings. The Bertz CT molecular complexity index is 700. The normalized spacial score (nSPS) is 17.3. The Labute approximate surface area is 123 Å². The summed E-state index contributed by atoms with van der Waals surface area (Å²) in [6, 6.07) is 11.0. The second-order valence-electron chi connectivity index (χ2n) is 5.48. The highest BCUT2D eigenvalue weighted by molar-refractivity contribution is 6.09. The zero-order chi connectivity index (χ0) is 15.0. The van der Waals surface area contributed by atoms with E-state index in [0.29, 0.717) is 24.2 Å². The summed E-state index contributed by atoms with van der Waals surface area (Å²) in [4.78, 5) is 24.1. The van der Waals surface area contributed by atoms with Crippen molar-refractivity contribution in [2.24, 2.45) is 0 Å². The summed E-state index contributed by atoms with van der Waals surface area (Å²) in [5, 5.41) is 9.34. The summed E-state index contributed by atoms with van der Waals surface area (Å²) in [6.45, 7) is 2.58. The Morgan fingerprint density at radius 1 is 1.24 bits per heavy atom. The molecule has 0 amide bonds. The van der Waals surface area contributed by atoms with Crippen LogP contribution in [-0.4, -0.2) is 21.4 Å². The van der Waals surface area contributed by atoms with Crippen molar-refractivity contribution in [2.75, 3.05) is 0 Å². The average molecular weight is 283 g/mol. The predicted octanol–water partition coefficient (Wildman–Crippen LogP) is 2.99. The van der Waals surface area contributed by atoms with Gasteiger partial charge in [0, 0.05) is 17.8 Å². The molecular weight excluding hydrogens is 266 g/mol. The van der Waals surface area contributed by atoms with Crippen molar-refractivity contribution >= 4 is 11.8 Å². The Hall–Kier alpha value is -2.36. The number of aliphatic carboxylic acids is 1. The van der Waals surface area contributed by atoms with Crippen LogP contribution in [0, 0.1) is 6.92 Å². The maximum atomic E-state index is 12.7. The lowest BCUT2D eigenvalue weighted by Gasteiger charge is -2.23. The molecule has 0 spiro atoms. The van der Waals surface area contributed by atoms with Crippen molar-refractivity contribution in [1.82, 2.24) is 4.57 Å². The van der Waals surface area contributed by atoms with Crippen LogP contribution in [-0.2, 0) is 11.3 Å². The smallest absolute Gasteiger partial charge is 0.312 e. The maximum absolute atomic E-state index is 12.7. The second-order valence-corrected chi connectivity index (χ2v) is 5.48. The number of rotatable bonds is 3. The van der Waals surface area contributed by atoms with E-state index in [2.05, 4.69) is 0 Å². The largest absolute Gasteiger partial charge is 0.481 e. The van der Waals surface area contributed by atoms with Crippen molar-refractivity contribution in [3.8, 4) is 0 Å². The molecule has 2 aromatic rings. The van der Waals surface area contributed by atoms with Crippen LogP contribution < -0.4 is 0 Å². The van der Waals surface area contributed by atoms with Gasteiger partial charge in [0.1, 0.15) is 0 Å². The number of carbonyl (C=O) groups is 2. The number of aromatic nitrogens is 1. The first-order chi connectivity index (χ1) is 10.1. The summed E-state index contributed by atoms with van der Waals surface area (Å²) in [7, 11) is 0. The van der Waals surface area contributed by atoms with Crippen molar-refractivity contribution in [1.29, 1.82) is 0 Å². The zero-order valence-electron chi connectivity index (χ0n) is 11.9. The lowest BCUT2D eigenvalue weighted by Crippen LogP contribution is -2.24. The third kappa shape index (κ3) is 2.27. The molecule has 0 radical (unpaired) electrons. The van der Waals surface area contributed by atoms with E-state index < -0.39 is 11.9 Å². The minimum absolute atomic E-state index is 0.0367. The molecule has 1 atom stereocenters. The third-order valence-electron chi connectivity index (χ3n) is 4.10. The molecule has 1 aliphatic heterocycles. The Kier molecular flexibility index (Phi) is 3.37. The summed E-state index contributed by atoms with van der Waals surface area (Å²) in [6.07, 6.45) is 1.42. The van der Waals surface area contributed by atoms with Gasteiger partial charge in [0.25, 0.3) is 0 Å². The highest BCUT2D eigenvalue weighted by atomic mass is 16.4. The first-order valence-corrected chi connectivity index (χ1v) is 7.12. The molecule has 0 saturated carbocycles. The van der Waals surface area contributed by atoms with Gasteiger partial charge >= 0.3 is 5.97 Å². The van der Waals surface area contributed by atoms with E-state index in [9.17, 15) is 14.7 Å². The minimum atomic E-state index is -0.813. The minimum Gasteiger partial charge on any atom is -0.481 e. The van der Waals surface area contributed by atoms with Gasteiger partial charge in [-0.05, 0) is 31.4 Å². The Balaban J connectivity index is 2.09. The number of benzene rings is 1. The fourth-order valence-electron chi connectivity index (χ4n) is 3.12. The first kappa shape index (κ1) is 13.6. The summed E-state index contributed by atoms with van der Waals surface area (Å²) in [5.41, 5.74) is 2.87. The van der Waals surface area contributed by atoms with Crippen LogP contribution in [0.25, 0.3) is 0 Å². The summed E-state index contributed by atoms with van der Waals surface area (Å²) < 4.78 is 1.90. The monoisotopic (exact) mass is 283 g/mol. The second kappa shape index (κ2) is 5.20. The number of carboxylic acids is 1. The topological polar surface area (TPSA) is 59.3 Å². The fourth-order valence-corrected chi connectivity index (χ4v) is 3.12. The zero-order valence-corrected chi connectivity index (χ0v) is 11.9. The van der Waals surface area contributed by atoms with Gasteiger partial charge in [-0.25, -0.2) is 0 Å². The predicted molar refractivity (Wildman–Crippen MR) is 78.7 cm³/mol. The highest BCUT2D eigenvalue weighted by Gasteiger charge is 2.31. The van der Waals surface area contributed by atoms with Gasteiger partial charge in [-0.15, -0.1) is 0 Å². The van der Waals surface area contributed by atoms with E-state index in [0.717, 1.165) is 17.7 Å². The van der Waals surface area contributed by atoms with Crippen molar-refractivity contribution in [3.63, 3.8) is 0 Å². The van der Waals surface area contributed by atoms with Gasteiger partial charge in [0.15, 0.2) is 0 Å². The van der Waals surface area contributed by atoms with E-state index in [-0.39, 0.29) is 5.78 Å². The van der Waals surface area contributed by atoms with E-state index >= 15 is 0 Å². The van der Waals surface area contributed by atoms with Gasteiger partial charge < -0.3 is 9.67 Å². The molecule has 1 unspecified atom stereocenters. The first-order valence-electron chi connectivity index (χ1n) is 7.12. The van der Waals surface area contributed by atoms with Crippen LogP contribution >= 0.6 is 0 Å². The van der Waals surface area contributed by atoms with Crippen LogP contribution in [0.15, 0.2) is 36.4 Å². The maximum Gasteiger partial charge on any atom is 0.312 e. The van der Waals surface area contributed by atoms with E-state index in [1.165, 1.54) is 0 Å². The van der Waals surface area contributed by atoms with Crippen LogP contribution in [0.1, 0.15) is 46.1 Å². The summed E-state index contributed by atoms with van der Waals surface area (Å²) in [5.74, 6) is -1.35. The van der Waals surface area contributed by atoms with Crippen LogP contribution in [0.2, 0.25) is 0 Å². The molecule has 1 aliphatic rings. The molecule has 108 valence electrons. The quantitative estimate of drug-likeness (QED) is 0.881. The molecule has 0 saturated heterocycles. The Morgan fingerprint density at radius 3 is 2.62 bits per heavy atom. The van der Waals surface area contributed by atoms with Gasteiger partial charge in [0.2, 0.25) is 5.78 Å². The molecule has 4 heteroatoms. The fraction of sp³-hybridized carbons (Fsp3) is 0.294. The third-order valence-corrected chi connectivity index (χ3v) is 4.10. The lowest BCUT2D eigenvalue weighted by atomic mass is 9.96. The van der Waals surface area contributed by atoms with Crippen molar-refractivity contribution in [2.45, 2.75) is 32.2 Å². The molecule has 1 N–H and O–H groups in total. The number of aryl methyl sites for hydroxylation is 1. The summed E-state index contributed by atoms with van der Waals surface area (Å²) >= 11 is 0. The van der Waals surface area contributed by atoms with Crippen LogP contribution in [0.3, 0.4) is 0 Å². The van der Waals surface area contributed by atoms with E-state index in [1.807, 2.05) is 35.8 Å². The SMILES string of the molecule is Cc1cc2n(c1C(=O)c1ccccc1)CCCC2C(=O)O. The van der Waals surface area contributed by atoms with Gasteiger partial charge in [-0.1, -0.05) is 30.3 Å². The van der Waals surface area contributed by atoms with E-state index in [4.69, 9.17) is 0 Å². The molecule has 0 bridgehead atoms. The number of nitrogens with zero attached hydrogens (tertiary/aromatic N) is 1. The number of hydrogen-bond acceptors (Lipinski definition) is 2. The standard InChI is InChI=1S/C17H17NO3/c1-11-10-14-13(17(20)21)8-5-9-18(14)15(11)16(19)12-6-3-2-4-7-12/h2-4,6-7,10,13H,5,8-9H2,1H3,(H,20,21). The average Bonchev–Trinajstić information content (AvgIpc) is 2.82. The number of hydrogen-bond donors (Lipinski definition) is 1. The molecular formula is C17H17NO3. The van der Waals surface area contributed by atoms with Crippen LogP contribution in [0.5, 0.6) is 0 Å². The Morgan fingerprint density at radius 2 is 1.95 bits per heavy atom. The highest BCUT2D eigenvalue weighted by Crippen LogP contribution is 2.32. The van der Waals surface area contributed by atoms with Crippen molar-refractivity contribution < 1.29 is 14.7 Å². The molecule has 3 rings (SSSR count). The van der Waals surface area contributed by atoms with Gasteiger partial charge in [-0.3, -0.25) is 9.59 Å². The number of carbonyl (C=O) groups excluding carboxylic acids is 1. The van der Waals surface area contributed by atoms with Crippen LogP contribution in [0.4, 0.5) is 0 Å². The molecule has 4 nitrogen and oxygen atoms in total. The molecule has 21 heavy (non-hydrogen) atoms. The molecule has 2 heterocycles. The van der Waals surface area contributed by atoms with Gasteiger partial charge in [-0.2, -0.15) is 0 Å². The molecule has 1 aromatic heterocycles. The molecule has 1 aromatic carbocycles. The number of carboxylic acid groups (broad SMARTS) is 1. The van der Waals surface area contributed by atoms with E-state index in [1.54, 1.807) is 12.1 Å². The molecule has 0 aliphatic carbocycles.